The van der Waals surface area contributed by atoms with Gasteiger partial charge in [-0.1, -0.05) is 62.4 Å². The van der Waals surface area contributed by atoms with Crippen LogP contribution in [0.1, 0.15) is 50.5 Å². The smallest absolute Gasteiger partial charge is 0.148 e. The van der Waals surface area contributed by atoms with Crippen LogP contribution in [0.25, 0.3) is 0 Å². The lowest BCUT2D eigenvalue weighted by Crippen LogP contribution is -2.17. The third-order valence-electron chi connectivity index (χ3n) is 4.04. The van der Waals surface area contributed by atoms with E-state index >= 15 is 0 Å². The molecule has 0 radical (unpaired) electrons. The zero-order chi connectivity index (χ0) is 13.3. The summed E-state index contributed by atoms with van der Waals surface area (Å²) in [6, 6.07) is 10.0. The lowest BCUT2D eigenvalue weighted by atomic mass is 9.85. The molecule has 1 aliphatic rings. The van der Waals surface area contributed by atoms with Crippen LogP contribution in [-0.4, -0.2) is 12.4 Å². The molecule has 0 amide bonds. The van der Waals surface area contributed by atoms with Crippen LogP contribution in [-0.2, 0) is 16.1 Å². The van der Waals surface area contributed by atoms with Crippen molar-refractivity contribution in [1.82, 2.24) is 0 Å². The fourth-order valence-electron chi connectivity index (χ4n) is 2.84. The third kappa shape index (κ3) is 5.15. The second-order valence-electron chi connectivity index (χ2n) is 5.55. The van der Waals surface area contributed by atoms with Crippen LogP contribution in [0, 0.1) is 5.92 Å². The molecular formula is C17H24O2. The standard InChI is InChI=1S/C17H24O2/c18-13-17(12-11-15-7-3-1-4-8-15)19-14-16-9-5-2-6-10-16/h2,5-6,9-10,13,15,17H,1,3-4,7-8,11-12,14H2/t17-/m1/s1. The number of rotatable bonds is 7. The fraction of sp³-hybridized carbons (Fsp3) is 0.588. The lowest BCUT2D eigenvalue weighted by Gasteiger charge is -2.22. The first-order valence-electron chi connectivity index (χ1n) is 7.49. The molecule has 0 N–H and O–H groups in total. The van der Waals surface area contributed by atoms with Crippen LogP contribution in [0.4, 0.5) is 0 Å². The Balaban J connectivity index is 1.69. The van der Waals surface area contributed by atoms with Crippen molar-refractivity contribution in [2.45, 2.75) is 57.7 Å². The Bertz CT molecular complexity index is 355. The van der Waals surface area contributed by atoms with Crippen molar-refractivity contribution in [3.63, 3.8) is 0 Å². The highest BCUT2D eigenvalue weighted by molar-refractivity contribution is 5.55. The van der Waals surface area contributed by atoms with Gasteiger partial charge in [-0.2, -0.15) is 0 Å². The number of hydrogen-bond acceptors (Lipinski definition) is 2. The number of hydrogen-bond donors (Lipinski definition) is 0. The van der Waals surface area contributed by atoms with E-state index in [1.54, 1.807) is 0 Å². The van der Waals surface area contributed by atoms with Gasteiger partial charge in [-0.15, -0.1) is 0 Å². The minimum absolute atomic E-state index is 0.234. The Hall–Kier alpha value is -1.15. The zero-order valence-electron chi connectivity index (χ0n) is 11.6. The molecule has 1 aromatic carbocycles. The van der Waals surface area contributed by atoms with Gasteiger partial charge in [0.15, 0.2) is 0 Å². The predicted octanol–water partition coefficient (Wildman–Crippen LogP) is 4.13. The number of aldehydes is 1. The van der Waals surface area contributed by atoms with Gasteiger partial charge in [0.05, 0.1) is 6.61 Å². The molecule has 19 heavy (non-hydrogen) atoms. The molecule has 1 saturated carbocycles. The highest BCUT2D eigenvalue weighted by Crippen LogP contribution is 2.27. The molecule has 0 aliphatic heterocycles. The molecule has 2 rings (SSSR count). The maximum Gasteiger partial charge on any atom is 0.148 e. The molecule has 2 nitrogen and oxygen atoms in total. The van der Waals surface area contributed by atoms with E-state index in [4.69, 9.17) is 4.74 Å². The molecule has 1 aliphatic carbocycles. The van der Waals surface area contributed by atoms with E-state index in [0.717, 1.165) is 30.6 Å². The lowest BCUT2D eigenvalue weighted by molar-refractivity contribution is -0.119. The molecule has 0 spiro atoms. The Labute approximate surface area is 116 Å². The van der Waals surface area contributed by atoms with Gasteiger partial charge >= 0.3 is 0 Å². The van der Waals surface area contributed by atoms with Crippen molar-refractivity contribution in [1.29, 1.82) is 0 Å². The van der Waals surface area contributed by atoms with Crippen LogP contribution in [0.3, 0.4) is 0 Å². The van der Waals surface area contributed by atoms with Crippen molar-refractivity contribution < 1.29 is 9.53 Å². The Kier molecular flexibility index (Phi) is 6.09. The SMILES string of the molecule is O=C[C@@H](CCC1CCCCC1)OCc1ccccc1. The van der Waals surface area contributed by atoms with Gasteiger partial charge < -0.3 is 9.53 Å². The van der Waals surface area contributed by atoms with Gasteiger partial charge in [-0.3, -0.25) is 0 Å². The summed E-state index contributed by atoms with van der Waals surface area (Å²) in [7, 11) is 0. The van der Waals surface area contributed by atoms with Crippen molar-refractivity contribution in [3.05, 3.63) is 35.9 Å². The van der Waals surface area contributed by atoms with E-state index in [0.29, 0.717) is 6.61 Å². The largest absolute Gasteiger partial charge is 0.366 e. The van der Waals surface area contributed by atoms with Crippen LogP contribution >= 0.6 is 0 Å². The molecule has 0 saturated heterocycles. The summed E-state index contributed by atoms with van der Waals surface area (Å²) < 4.78 is 5.70. The number of carbonyl (C=O) groups excluding carboxylic acids is 1. The minimum atomic E-state index is -0.234. The Morgan fingerprint density at radius 2 is 1.89 bits per heavy atom. The quantitative estimate of drug-likeness (QED) is 0.689. The number of carbonyl (C=O) groups is 1. The van der Waals surface area contributed by atoms with E-state index in [1.807, 2.05) is 30.3 Å². The van der Waals surface area contributed by atoms with E-state index in [-0.39, 0.29) is 6.10 Å². The molecule has 1 fully saturated rings. The van der Waals surface area contributed by atoms with Gasteiger partial charge in [0.1, 0.15) is 12.4 Å². The Morgan fingerprint density at radius 3 is 2.58 bits per heavy atom. The van der Waals surface area contributed by atoms with Crippen molar-refractivity contribution in [2.75, 3.05) is 0 Å². The van der Waals surface area contributed by atoms with Gasteiger partial charge in [-0.25, -0.2) is 0 Å². The van der Waals surface area contributed by atoms with Crippen LogP contribution < -0.4 is 0 Å². The van der Waals surface area contributed by atoms with E-state index in [2.05, 4.69) is 0 Å². The van der Waals surface area contributed by atoms with Crippen molar-refractivity contribution in [3.8, 4) is 0 Å². The molecule has 0 heterocycles. The highest BCUT2D eigenvalue weighted by Gasteiger charge is 2.16. The molecule has 1 atom stereocenters. The van der Waals surface area contributed by atoms with E-state index < -0.39 is 0 Å². The normalized spacial score (nSPS) is 18.1. The number of ether oxygens (including phenoxy) is 1. The van der Waals surface area contributed by atoms with E-state index in [9.17, 15) is 4.79 Å². The summed E-state index contributed by atoms with van der Waals surface area (Å²) in [4.78, 5) is 11.1. The summed E-state index contributed by atoms with van der Waals surface area (Å²) in [5.74, 6) is 0.816. The first-order valence-corrected chi connectivity index (χ1v) is 7.49. The second-order valence-corrected chi connectivity index (χ2v) is 5.55. The molecular weight excluding hydrogens is 236 g/mol. The number of benzene rings is 1. The Morgan fingerprint density at radius 1 is 1.16 bits per heavy atom. The van der Waals surface area contributed by atoms with Gasteiger partial charge in [0, 0.05) is 0 Å². The average molecular weight is 260 g/mol. The molecule has 0 aromatic heterocycles. The highest BCUT2D eigenvalue weighted by atomic mass is 16.5. The monoisotopic (exact) mass is 260 g/mol. The second kappa shape index (κ2) is 8.11. The molecule has 0 bridgehead atoms. The summed E-state index contributed by atoms with van der Waals surface area (Å²) in [5, 5.41) is 0. The summed E-state index contributed by atoms with van der Waals surface area (Å²) in [6.07, 6.45) is 9.53. The fourth-order valence-corrected chi connectivity index (χ4v) is 2.84. The minimum Gasteiger partial charge on any atom is -0.366 e. The zero-order valence-corrected chi connectivity index (χ0v) is 11.6. The van der Waals surface area contributed by atoms with Gasteiger partial charge in [0.2, 0.25) is 0 Å². The average Bonchev–Trinajstić information content (AvgIpc) is 2.49. The summed E-state index contributed by atoms with van der Waals surface area (Å²) >= 11 is 0. The third-order valence-corrected chi connectivity index (χ3v) is 4.04. The maximum atomic E-state index is 11.1. The van der Waals surface area contributed by atoms with Crippen LogP contribution in [0.15, 0.2) is 30.3 Å². The molecule has 0 unspecified atom stereocenters. The summed E-state index contributed by atoms with van der Waals surface area (Å²) in [5.41, 5.74) is 1.13. The molecule has 2 heteroatoms. The topological polar surface area (TPSA) is 26.3 Å². The molecule has 104 valence electrons. The van der Waals surface area contributed by atoms with Gasteiger partial charge in [0.25, 0.3) is 0 Å². The van der Waals surface area contributed by atoms with E-state index in [1.165, 1.54) is 32.1 Å². The maximum absolute atomic E-state index is 11.1. The first kappa shape index (κ1) is 14.3. The van der Waals surface area contributed by atoms with Crippen LogP contribution in [0.5, 0.6) is 0 Å². The van der Waals surface area contributed by atoms with Crippen molar-refractivity contribution in [2.24, 2.45) is 5.92 Å². The van der Waals surface area contributed by atoms with Gasteiger partial charge in [-0.05, 0) is 24.3 Å². The molecule has 1 aromatic rings. The summed E-state index contributed by atoms with van der Waals surface area (Å²) in [6.45, 7) is 0.537. The first-order chi connectivity index (χ1) is 9.38. The van der Waals surface area contributed by atoms with Crippen molar-refractivity contribution >= 4 is 6.29 Å². The predicted molar refractivity (Wildman–Crippen MR) is 76.9 cm³/mol. The van der Waals surface area contributed by atoms with Crippen LogP contribution in [0.2, 0.25) is 0 Å².